The molecule has 10 heteroatoms. The second kappa shape index (κ2) is 18.0. The van der Waals surface area contributed by atoms with Gasteiger partial charge in [0.25, 0.3) is 0 Å². The van der Waals surface area contributed by atoms with Gasteiger partial charge in [-0.25, -0.2) is 9.59 Å². The highest BCUT2D eigenvalue weighted by molar-refractivity contribution is 5.81. The largest absolute Gasteiger partial charge is 0.491 e. The third-order valence-electron chi connectivity index (χ3n) is 6.19. The lowest BCUT2D eigenvalue weighted by Gasteiger charge is -2.26. The number of carbonyl (C=O) groups is 2. The van der Waals surface area contributed by atoms with E-state index in [2.05, 4.69) is 27.0 Å². The van der Waals surface area contributed by atoms with Crippen LogP contribution in [0.2, 0.25) is 0 Å². The number of aliphatic hydroxyl groups excluding tert-OH is 2. The zero-order chi connectivity index (χ0) is 31.0. The van der Waals surface area contributed by atoms with Crippen LogP contribution in [0, 0.1) is 0 Å². The van der Waals surface area contributed by atoms with Crippen molar-refractivity contribution in [1.29, 1.82) is 0 Å². The molecule has 42 heavy (non-hydrogen) atoms. The highest BCUT2D eigenvalue weighted by Gasteiger charge is 2.23. The van der Waals surface area contributed by atoms with Crippen LogP contribution in [0.25, 0.3) is 0 Å². The van der Waals surface area contributed by atoms with Crippen molar-refractivity contribution in [3.63, 3.8) is 0 Å². The Morgan fingerprint density at radius 2 is 1.21 bits per heavy atom. The zero-order valence-corrected chi connectivity index (χ0v) is 24.5. The Balaban J connectivity index is 1.75. The normalized spacial score (nSPS) is 13.4. The Hall–Kier alpha value is -3.70. The second-order valence-electron chi connectivity index (χ2n) is 10.0. The molecule has 0 heterocycles. The molecule has 2 aromatic rings. The molecule has 2 aromatic carbocycles. The summed E-state index contributed by atoms with van der Waals surface area (Å²) in [7, 11) is 0. The summed E-state index contributed by atoms with van der Waals surface area (Å²) in [6.07, 6.45) is -0.0531. The molecule has 0 aliphatic rings. The van der Waals surface area contributed by atoms with Gasteiger partial charge >= 0.3 is 11.9 Å². The fraction of sp³-hybridized carbons (Fsp3) is 0.438. The average molecular weight is 587 g/mol. The fourth-order valence-electron chi connectivity index (χ4n) is 3.65. The SMILES string of the molecule is C=CC(=O)OCC(O)COCCOc1ccc(C(C)(C)c2ccc(OCC(C)OCC(O)COC(=O)C=C)cc2)cc1. The van der Waals surface area contributed by atoms with E-state index in [0.717, 1.165) is 23.3 Å². The molecule has 0 bridgehead atoms. The lowest BCUT2D eigenvalue weighted by atomic mass is 9.78. The van der Waals surface area contributed by atoms with Crippen LogP contribution in [0.1, 0.15) is 31.9 Å². The van der Waals surface area contributed by atoms with E-state index in [9.17, 15) is 19.8 Å². The monoisotopic (exact) mass is 586 g/mol. The first-order valence-corrected chi connectivity index (χ1v) is 13.7. The number of benzene rings is 2. The number of rotatable bonds is 20. The summed E-state index contributed by atoms with van der Waals surface area (Å²) in [5.41, 5.74) is 1.94. The van der Waals surface area contributed by atoms with Gasteiger partial charge in [0, 0.05) is 17.6 Å². The highest BCUT2D eigenvalue weighted by Crippen LogP contribution is 2.33. The van der Waals surface area contributed by atoms with Crippen LogP contribution in [0.15, 0.2) is 73.8 Å². The lowest BCUT2D eigenvalue weighted by Crippen LogP contribution is -2.28. The van der Waals surface area contributed by atoms with Crippen LogP contribution in [0.3, 0.4) is 0 Å². The fourth-order valence-corrected chi connectivity index (χ4v) is 3.65. The van der Waals surface area contributed by atoms with Gasteiger partial charge in [0.05, 0.1) is 25.9 Å². The number of aliphatic hydroxyl groups is 2. The van der Waals surface area contributed by atoms with E-state index < -0.39 is 24.1 Å². The maximum Gasteiger partial charge on any atom is 0.330 e. The van der Waals surface area contributed by atoms with Crippen molar-refractivity contribution in [2.24, 2.45) is 0 Å². The first kappa shape index (κ1) is 34.5. The van der Waals surface area contributed by atoms with Gasteiger partial charge in [0.15, 0.2) is 0 Å². The molecule has 0 amide bonds. The Labute approximate surface area is 247 Å². The van der Waals surface area contributed by atoms with Gasteiger partial charge in [-0.3, -0.25) is 0 Å². The Kier molecular flexibility index (Phi) is 14.8. The highest BCUT2D eigenvalue weighted by atomic mass is 16.6. The number of hydrogen-bond acceptors (Lipinski definition) is 10. The molecule has 10 nitrogen and oxygen atoms in total. The summed E-state index contributed by atoms with van der Waals surface area (Å²) in [6, 6.07) is 15.7. The van der Waals surface area contributed by atoms with Crippen molar-refractivity contribution in [3.8, 4) is 11.5 Å². The van der Waals surface area contributed by atoms with Crippen molar-refractivity contribution in [1.82, 2.24) is 0 Å². The Bertz CT molecular complexity index is 1110. The van der Waals surface area contributed by atoms with Crippen LogP contribution in [-0.2, 0) is 34.0 Å². The molecule has 0 saturated carbocycles. The molecule has 0 spiro atoms. The molecule has 0 fully saturated rings. The van der Waals surface area contributed by atoms with Crippen LogP contribution in [0.5, 0.6) is 11.5 Å². The van der Waals surface area contributed by atoms with Crippen molar-refractivity contribution >= 4 is 11.9 Å². The minimum atomic E-state index is -0.930. The molecule has 3 unspecified atom stereocenters. The third-order valence-corrected chi connectivity index (χ3v) is 6.19. The number of hydrogen-bond donors (Lipinski definition) is 2. The van der Waals surface area contributed by atoms with Gasteiger partial charge in [-0.2, -0.15) is 0 Å². The van der Waals surface area contributed by atoms with Crippen LogP contribution < -0.4 is 9.47 Å². The van der Waals surface area contributed by atoms with E-state index in [4.69, 9.17) is 28.4 Å². The van der Waals surface area contributed by atoms with Gasteiger partial charge in [0.1, 0.15) is 50.1 Å². The van der Waals surface area contributed by atoms with E-state index in [0.29, 0.717) is 24.7 Å². The summed E-state index contributed by atoms with van der Waals surface area (Å²) in [4.78, 5) is 22.1. The molecule has 0 aliphatic carbocycles. The zero-order valence-electron chi connectivity index (χ0n) is 24.5. The van der Waals surface area contributed by atoms with Gasteiger partial charge < -0.3 is 38.6 Å². The second-order valence-corrected chi connectivity index (χ2v) is 10.0. The molecule has 2 N–H and O–H groups in total. The first-order chi connectivity index (χ1) is 20.0. The van der Waals surface area contributed by atoms with E-state index >= 15 is 0 Å². The summed E-state index contributed by atoms with van der Waals surface area (Å²) in [5, 5.41) is 19.6. The van der Waals surface area contributed by atoms with E-state index in [1.165, 1.54) is 0 Å². The molecular weight excluding hydrogens is 544 g/mol. The number of ether oxygens (including phenoxy) is 6. The van der Waals surface area contributed by atoms with Gasteiger partial charge in [-0.15, -0.1) is 0 Å². The molecule has 0 saturated heterocycles. The molecule has 0 aliphatic heterocycles. The van der Waals surface area contributed by atoms with Gasteiger partial charge in [0.2, 0.25) is 0 Å². The number of esters is 2. The van der Waals surface area contributed by atoms with Crippen molar-refractivity contribution in [3.05, 3.63) is 85.0 Å². The standard InChI is InChI=1S/C32H42O10/c1-6-30(35)41-21-26(33)19-37-16-17-38-28-12-8-24(9-13-28)32(4,5)25-10-14-29(15-11-25)40-18-23(3)39-20-27(34)22-42-31(36)7-2/h6-15,23,26-27,33-34H,1-2,16-22H2,3-5H3. The maximum absolute atomic E-state index is 11.1. The van der Waals surface area contributed by atoms with Crippen LogP contribution >= 0.6 is 0 Å². The maximum atomic E-state index is 11.1. The van der Waals surface area contributed by atoms with Crippen molar-refractivity contribution in [2.45, 2.75) is 44.5 Å². The average Bonchev–Trinajstić information content (AvgIpc) is 3.00. The third kappa shape index (κ3) is 12.4. The minimum absolute atomic E-state index is 0.0143. The predicted molar refractivity (Wildman–Crippen MR) is 157 cm³/mol. The van der Waals surface area contributed by atoms with Crippen molar-refractivity contribution in [2.75, 3.05) is 46.2 Å². The van der Waals surface area contributed by atoms with E-state index in [-0.39, 0.29) is 44.6 Å². The predicted octanol–water partition coefficient (Wildman–Crippen LogP) is 3.37. The van der Waals surface area contributed by atoms with Crippen molar-refractivity contribution < 1.29 is 48.2 Å². The Morgan fingerprint density at radius 1 is 0.738 bits per heavy atom. The molecule has 0 aromatic heterocycles. The smallest absolute Gasteiger partial charge is 0.330 e. The summed E-state index contributed by atoms with van der Waals surface area (Å²) >= 11 is 0. The topological polar surface area (TPSA) is 130 Å². The molecule has 2 rings (SSSR count). The summed E-state index contributed by atoms with van der Waals surface area (Å²) in [6.45, 7) is 13.3. The summed E-state index contributed by atoms with van der Waals surface area (Å²) in [5.74, 6) is 0.207. The quantitative estimate of drug-likeness (QED) is 0.135. The minimum Gasteiger partial charge on any atom is -0.491 e. The van der Waals surface area contributed by atoms with E-state index in [1.807, 2.05) is 55.5 Å². The Morgan fingerprint density at radius 3 is 1.71 bits per heavy atom. The molecule has 3 atom stereocenters. The van der Waals surface area contributed by atoms with Crippen LogP contribution in [-0.4, -0.2) is 86.7 Å². The molecule has 0 radical (unpaired) electrons. The first-order valence-electron chi connectivity index (χ1n) is 13.7. The molecule has 230 valence electrons. The van der Waals surface area contributed by atoms with Crippen LogP contribution in [0.4, 0.5) is 0 Å². The lowest BCUT2D eigenvalue weighted by molar-refractivity contribution is -0.143. The van der Waals surface area contributed by atoms with Gasteiger partial charge in [-0.1, -0.05) is 51.3 Å². The number of carbonyl (C=O) groups excluding carboxylic acids is 2. The summed E-state index contributed by atoms with van der Waals surface area (Å²) < 4.78 is 32.0. The molecular formula is C32H42O10. The van der Waals surface area contributed by atoms with Gasteiger partial charge in [-0.05, 0) is 42.3 Å². The van der Waals surface area contributed by atoms with E-state index in [1.54, 1.807) is 0 Å².